The highest BCUT2D eigenvalue weighted by Gasteiger charge is 2.31. The van der Waals surface area contributed by atoms with E-state index < -0.39 is 68.3 Å². The Kier molecular flexibility index (Phi) is 30.0. The minimum atomic E-state index is -4.67. The van der Waals surface area contributed by atoms with Crippen molar-refractivity contribution in [2.75, 3.05) is 59.5 Å². The SMILES string of the molecule is C.C.C1CO1.Cc1ccc(S(=O)(=O)OCC(F)(F)F)cc1.[O-]CC(F)(F)F.[O-]CCOCC(F)(F)F.[O-]CC[O-]. The highest BCUT2D eigenvalue weighted by molar-refractivity contribution is 7.86. The Bertz CT molecular complexity index is 778. The van der Waals surface area contributed by atoms with Crippen LogP contribution in [0.1, 0.15) is 20.4 Å². The fourth-order valence-corrected chi connectivity index (χ4v) is 2.06. The number of aryl methyl sites for hydroxylation is 1. The molecule has 19 heteroatoms. The minimum Gasteiger partial charge on any atom is -0.855 e. The third kappa shape index (κ3) is 43.3. The molecule has 0 saturated carbocycles. The van der Waals surface area contributed by atoms with Crippen LogP contribution in [-0.4, -0.2) is 86.4 Å². The van der Waals surface area contributed by atoms with Crippen LogP contribution in [0.2, 0.25) is 0 Å². The van der Waals surface area contributed by atoms with Gasteiger partial charge in [0.15, 0.2) is 6.61 Å². The molecule has 1 aromatic carbocycles. The van der Waals surface area contributed by atoms with E-state index in [9.17, 15) is 53.0 Å². The number of epoxide rings is 1. The lowest BCUT2D eigenvalue weighted by molar-refractivity contribution is -0.453. The van der Waals surface area contributed by atoms with Gasteiger partial charge in [-0.3, -0.25) is 4.18 Å². The second-order valence-electron chi connectivity index (χ2n) is 6.30. The van der Waals surface area contributed by atoms with Crippen molar-refractivity contribution >= 4 is 10.1 Å². The van der Waals surface area contributed by atoms with E-state index in [-0.39, 0.29) is 26.4 Å². The van der Waals surface area contributed by atoms with Crippen LogP contribution in [-0.2, 0) is 23.8 Å². The van der Waals surface area contributed by atoms with E-state index in [1.54, 1.807) is 6.92 Å². The molecule has 0 radical (unpaired) electrons. The molecule has 0 spiro atoms. The average molecular weight is 633 g/mol. The maximum absolute atomic E-state index is 11.8. The van der Waals surface area contributed by atoms with Gasteiger partial charge in [-0.2, -0.15) is 61.1 Å². The van der Waals surface area contributed by atoms with E-state index in [2.05, 4.69) is 13.7 Å². The largest absolute Gasteiger partial charge is 0.855 e. The Morgan fingerprint density at radius 1 is 0.750 bits per heavy atom. The summed E-state index contributed by atoms with van der Waals surface area (Å²) in [6.45, 7) is -3.37. The van der Waals surface area contributed by atoms with Gasteiger partial charge in [-0.25, -0.2) is 0 Å². The van der Waals surface area contributed by atoms with Crippen LogP contribution in [0.25, 0.3) is 0 Å². The molecule has 1 fully saturated rings. The molecule has 9 nitrogen and oxygen atoms in total. The first kappa shape index (κ1) is 48.0. The van der Waals surface area contributed by atoms with Crippen LogP contribution in [0.3, 0.4) is 0 Å². The Balaban J connectivity index is -0.000000144. The number of halogens is 9. The molecule has 1 heterocycles. The molecule has 244 valence electrons. The van der Waals surface area contributed by atoms with Crippen molar-refractivity contribution in [3.8, 4) is 0 Å². The van der Waals surface area contributed by atoms with E-state index in [4.69, 9.17) is 15.3 Å². The predicted octanol–water partition coefficient (Wildman–Crippen LogP) is 1.09. The fourth-order valence-electron chi connectivity index (χ4n) is 1.16. The molecule has 1 aliphatic rings. The van der Waals surface area contributed by atoms with Crippen molar-refractivity contribution in [2.24, 2.45) is 0 Å². The van der Waals surface area contributed by atoms with Crippen LogP contribution in [0.4, 0.5) is 39.5 Å². The van der Waals surface area contributed by atoms with Gasteiger partial charge >= 0.3 is 18.5 Å². The Hall–Kier alpha value is -1.74. The smallest absolute Gasteiger partial charge is 0.413 e. The second kappa shape index (κ2) is 25.0. The molecule has 0 aromatic heterocycles. The lowest BCUT2D eigenvalue weighted by Crippen LogP contribution is -2.24. The third-order valence-electron chi connectivity index (χ3n) is 2.63. The predicted molar refractivity (Wildman–Crippen MR) is 117 cm³/mol. The van der Waals surface area contributed by atoms with E-state index in [0.29, 0.717) is 0 Å². The van der Waals surface area contributed by atoms with E-state index in [0.717, 1.165) is 18.8 Å². The van der Waals surface area contributed by atoms with Crippen LogP contribution in [0, 0.1) is 6.92 Å². The molecule has 1 aliphatic heterocycles. The van der Waals surface area contributed by atoms with Crippen LogP contribution < -0.4 is 20.4 Å². The molecule has 0 bridgehead atoms. The summed E-state index contributed by atoms with van der Waals surface area (Å²) in [5, 5.41) is 36.3. The number of alkyl halides is 9. The maximum atomic E-state index is 11.8. The van der Waals surface area contributed by atoms with Crippen molar-refractivity contribution in [1.29, 1.82) is 0 Å². The average Bonchev–Trinajstić information content (AvgIpc) is 3.67. The van der Waals surface area contributed by atoms with Crippen molar-refractivity contribution in [1.82, 2.24) is 0 Å². The zero-order valence-electron chi connectivity index (χ0n) is 19.7. The number of hydrogen-bond donors (Lipinski definition) is 0. The van der Waals surface area contributed by atoms with Gasteiger partial charge in [0.25, 0.3) is 10.1 Å². The Labute approximate surface area is 227 Å². The molecule has 0 unspecified atom stereocenters. The minimum absolute atomic E-state index is 0. The van der Waals surface area contributed by atoms with Gasteiger partial charge in [0.2, 0.25) is 0 Å². The van der Waals surface area contributed by atoms with Gasteiger partial charge in [0.1, 0.15) is 6.61 Å². The van der Waals surface area contributed by atoms with Crippen LogP contribution >= 0.6 is 0 Å². The van der Waals surface area contributed by atoms with Gasteiger partial charge in [-0.05, 0) is 25.7 Å². The van der Waals surface area contributed by atoms with Gasteiger partial charge in [-0.15, -0.1) is 6.61 Å². The van der Waals surface area contributed by atoms with E-state index >= 15 is 0 Å². The van der Waals surface area contributed by atoms with Crippen LogP contribution in [0.5, 0.6) is 0 Å². The Morgan fingerprint density at radius 2 is 1.12 bits per heavy atom. The quantitative estimate of drug-likeness (QED) is 0.186. The first-order valence-corrected chi connectivity index (χ1v) is 11.3. The summed E-state index contributed by atoms with van der Waals surface area (Å²) in [4.78, 5) is -0.289. The molecule has 0 aliphatic carbocycles. The van der Waals surface area contributed by atoms with E-state index in [1.165, 1.54) is 24.3 Å². The van der Waals surface area contributed by atoms with E-state index in [1.807, 2.05) is 0 Å². The molecular formula is C21H33F9O9S-4. The summed E-state index contributed by atoms with van der Waals surface area (Å²) in [5.41, 5.74) is 0.801. The molecule has 1 aromatic rings. The number of ether oxygens (including phenoxy) is 2. The van der Waals surface area contributed by atoms with Crippen molar-refractivity contribution < 1.29 is 82.0 Å². The highest BCUT2D eigenvalue weighted by atomic mass is 32.2. The molecule has 40 heavy (non-hydrogen) atoms. The van der Waals surface area contributed by atoms with Crippen molar-refractivity contribution in [3.05, 3.63) is 29.8 Å². The zero-order valence-corrected chi connectivity index (χ0v) is 20.5. The van der Waals surface area contributed by atoms with Gasteiger partial charge in [0.05, 0.1) is 18.1 Å². The topological polar surface area (TPSA) is 157 Å². The summed E-state index contributed by atoms with van der Waals surface area (Å²) in [6.07, 6.45) is -13.5. The summed E-state index contributed by atoms with van der Waals surface area (Å²) in [7, 11) is -4.33. The number of rotatable bonds is 7. The lowest BCUT2D eigenvalue weighted by Gasteiger charge is -2.08. The summed E-state index contributed by atoms with van der Waals surface area (Å²) < 4.78 is 135. The van der Waals surface area contributed by atoms with Gasteiger partial charge in [-0.1, -0.05) is 32.5 Å². The summed E-state index contributed by atoms with van der Waals surface area (Å²) in [6, 6.07) is 5.34. The fraction of sp³-hybridized carbons (Fsp3) is 0.714. The molecule has 0 atom stereocenters. The van der Waals surface area contributed by atoms with Crippen molar-refractivity contribution in [2.45, 2.75) is 45.2 Å². The van der Waals surface area contributed by atoms with Gasteiger partial charge < -0.3 is 29.9 Å². The molecule has 2 rings (SSSR count). The first-order chi connectivity index (χ1) is 17.2. The molecular weight excluding hydrogens is 599 g/mol. The van der Waals surface area contributed by atoms with Crippen molar-refractivity contribution in [3.63, 3.8) is 0 Å². The zero-order chi connectivity index (χ0) is 30.5. The molecule has 0 N–H and O–H groups in total. The summed E-state index contributed by atoms with van der Waals surface area (Å²) >= 11 is 0. The molecule has 0 amide bonds. The first-order valence-electron chi connectivity index (χ1n) is 9.89. The second-order valence-corrected chi connectivity index (χ2v) is 7.91. The lowest BCUT2D eigenvalue weighted by atomic mass is 10.2. The highest BCUT2D eigenvalue weighted by Crippen LogP contribution is 2.19. The Morgan fingerprint density at radius 3 is 1.38 bits per heavy atom. The monoisotopic (exact) mass is 632 g/mol. The molecule has 1 saturated heterocycles. The standard InChI is InChI=1S/C9H9F3O3S.C4H6F3O2.C2H2F3O.C2H4O2.C2H4O.2CH4/c1-7-2-4-8(5-3-7)16(13,14)15-6-9(10,11)12;5-4(6,7)3-9-2-1-8;3-2(4,5)1-6;3-1-2-4;1-2-3-1;;/h2-5H,6H2,1H3;1-3H2;1H2;1-2H2;1-2H2;2*1H4/q;2*-1;-2;;;. The van der Waals surface area contributed by atoms with Crippen LogP contribution in [0.15, 0.2) is 29.2 Å². The number of hydrogen-bond acceptors (Lipinski definition) is 9. The normalized spacial score (nSPS) is 12.2. The van der Waals surface area contributed by atoms with Gasteiger partial charge in [0, 0.05) is 6.61 Å². The number of benzene rings is 1. The maximum Gasteiger partial charge on any atom is 0.413 e. The summed E-state index contributed by atoms with van der Waals surface area (Å²) in [5.74, 6) is 0. The third-order valence-corrected chi connectivity index (χ3v) is 3.91.